The minimum atomic E-state index is -0.995. The fraction of sp³-hybridized carbons (Fsp3) is 0.500. The summed E-state index contributed by atoms with van der Waals surface area (Å²) in [6, 6.07) is 12.6. The molecule has 2 aromatic carbocycles. The van der Waals surface area contributed by atoms with Crippen LogP contribution in [0.3, 0.4) is 0 Å². The lowest BCUT2D eigenvalue weighted by molar-refractivity contribution is -0.120. The van der Waals surface area contributed by atoms with Crippen molar-refractivity contribution in [3.05, 3.63) is 70.5 Å². The Kier molecular flexibility index (Phi) is 10.2. The van der Waals surface area contributed by atoms with Crippen molar-refractivity contribution in [2.75, 3.05) is 86.0 Å². The van der Waals surface area contributed by atoms with Gasteiger partial charge in [-0.05, 0) is 86.7 Å². The predicted octanol–water partition coefficient (Wildman–Crippen LogP) is 5.25. The van der Waals surface area contributed by atoms with E-state index in [1.807, 2.05) is 18.0 Å². The first-order chi connectivity index (χ1) is 29.6. The molecule has 5 fully saturated rings. The minimum absolute atomic E-state index is 0.0498. The Hall–Kier alpha value is -5.48. The highest BCUT2D eigenvalue weighted by molar-refractivity contribution is 6.34. The van der Waals surface area contributed by atoms with Crippen molar-refractivity contribution in [1.29, 1.82) is 0 Å². The van der Waals surface area contributed by atoms with Crippen LogP contribution in [0.5, 0.6) is 0 Å². The summed E-state index contributed by atoms with van der Waals surface area (Å²) < 4.78 is 15.1. The number of piperazine rings is 1. The lowest BCUT2D eigenvalue weighted by atomic mass is 9.57. The molecule has 0 unspecified atom stereocenters. The van der Waals surface area contributed by atoms with Crippen LogP contribution in [0, 0.1) is 11.3 Å². The molecule has 0 radical (unpaired) electrons. The zero-order valence-corrected chi connectivity index (χ0v) is 35.1. The fourth-order valence-corrected chi connectivity index (χ4v) is 10.5. The van der Waals surface area contributed by atoms with Crippen molar-refractivity contribution >= 4 is 69.6 Å². The van der Waals surface area contributed by atoms with Crippen LogP contribution in [0.4, 0.5) is 37.8 Å². The number of anilines is 5. The molecule has 2 saturated carbocycles. The first kappa shape index (κ1) is 39.6. The molecule has 320 valence electrons. The number of benzene rings is 2. The van der Waals surface area contributed by atoms with Crippen molar-refractivity contribution in [1.82, 2.24) is 35.0 Å². The van der Waals surface area contributed by atoms with E-state index in [0.29, 0.717) is 33.8 Å². The first-order valence-corrected chi connectivity index (χ1v) is 22.0. The second kappa shape index (κ2) is 15.8. The predicted molar refractivity (Wildman–Crippen MR) is 231 cm³/mol. The summed E-state index contributed by atoms with van der Waals surface area (Å²) in [5, 5.41) is 13.5. The number of urea groups is 1. The van der Waals surface area contributed by atoms with Gasteiger partial charge in [-0.3, -0.25) is 29.5 Å². The van der Waals surface area contributed by atoms with Crippen LogP contribution in [-0.4, -0.2) is 126 Å². The summed E-state index contributed by atoms with van der Waals surface area (Å²) in [7, 11) is 1.83. The van der Waals surface area contributed by atoms with Gasteiger partial charge < -0.3 is 25.3 Å². The molecular formula is C44H51ClFN11O4. The van der Waals surface area contributed by atoms with Gasteiger partial charge in [-0.2, -0.15) is 0 Å². The third-order valence-corrected chi connectivity index (χ3v) is 14.2. The van der Waals surface area contributed by atoms with Gasteiger partial charge in [-0.1, -0.05) is 17.7 Å². The molecule has 4 aliphatic heterocycles. The lowest BCUT2D eigenvalue weighted by Crippen LogP contribution is -2.50. The Morgan fingerprint density at radius 2 is 1.69 bits per heavy atom. The van der Waals surface area contributed by atoms with E-state index in [2.05, 4.69) is 53.8 Å². The highest BCUT2D eigenvalue weighted by Crippen LogP contribution is 2.54. The van der Waals surface area contributed by atoms with E-state index >= 15 is 0 Å². The summed E-state index contributed by atoms with van der Waals surface area (Å²) in [5.74, 6) is 0.690. The van der Waals surface area contributed by atoms with Gasteiger partial charge in [0.05, 0.1) is 28.6 Å². The van der Waals surface area contributed by atoms with E-state index in [9.17, 15) is 23.6 Å². The monoisotopic (exact) mass is 851 g/mol. The maximum Gasteiger partial charge on any atom is 0.328 e. The van der Waals surface area contributed by atoms with Gasteiger partial charge in [0.2, 0.25) is 5.91 Å². The smallest absolute Gasteiger partial charge is 0.328 e. The SMILES string of the molecule is CNc1cc(N2CCc3c(N4CCN(CCC5CC6(CCN(C(=O)c7ccc(Cl)c(N8CCC(=O)NC8=O)c7)CC6)C5)CC4)cccc32)nn2c(C(=O)N[C@@H]3C[C@@H]3F)cnc12. The van der Waals surface area contributed by atoms with Gasteiger partial charge in [0, 0.05) is 101 Å². The molecule has 2 aliphatic carbocycles. The Balaban J connectivity index is 0.706. The molecule has 0 bridgehead atoms. The van der Waals surface area contributed by atoms with Gasteiger partial charge in [0.1, 0.15) is 6.17 Å². The number of rotatable bonds is 10. The number of nitrogens with zero attached hydrogens (tertiary/aromatic N) is 8. The third kappa shape index (κ3) is 7.51. The van der Waals surface area contributed by atoms with Crippen molar-refractivity contribution in [3.63, 3.8) is 0 Å². The number of amides is 5. The second-order valence-electron chi connectivity index (χ2n) is 17.7. The number of alkyl halides is 1. The van der Waals surface area contributed by atoms with E-state index in [1.165, 1.54) is 41.6 Å². The molecule has 1 spiro atoms. The second-order valence-corrected chi connectivity index (χ2v) is 18.1. The van der Waals surface area contributed by atoms with Crippen LogP contribution in [0.25, 0.3) is 5.65 Å². The molecule has 6 aliphatic rings. The summed E-state index contributed by atoms with van der Waals surface area (Å²) in [6.07, 6.45) is 7.58. The Morgan fingerprint density at radius 1 is 0.934 bits per heavy atom. The average Bonchev–Trinajstić information content (AvgIpc) is 3.57. The summed E-state index contributed by atoms with van der Waals surface area (Å²) in [6.45, 7) is 7.53. The molecule has 17 heteroatoms. The number of imide groups is 1. The number of nitrogens with one attached hydrogen (secondary N) is 3. The van der Waals surface area contributed by atoms with Crippen molar-refractivity contribution < 1.29 is 23.6 Å². The summed E-state index contributed by atoms with van der Waals surface area (Å²) in [4.78, 5) is 65.9. The maximum atomic E-state index is 13.6. The van der Waals surface area contributed by atoms with E-state index in [-0.39, 0.29) is 36.4 Å². The number of carbonyl (C=O) groups is 4. The first-order valence-electron chi connectivity index (χ1n) is 21.6. The zero-order valence-electron chi connectivity index (χ0n) is 34.3. The van der Waals surface area contributed by atoms with Crippen LogP contribution in [0.2, 0.25) is 5.02 Å². The van der Waals surface area contributed by atoms with E-state index in [1.54, 1.807) is 22.7 Å². The molecule has 10 rings (SSSR count). The van der Waals surface area contributed by atoms with E-state index in [4.69, 9.17) is 16.7 Å². The lowest BCUT2D eigenvalue weighted by Gasteiger charge is -2.53. The van der Waals surface area contributed by atoms with E-state index < -0.39 is 18.2 Å². The highest BCUT2D eigenvalue weighted by atomic mass is 35.5. The molecule has 6 heterocycles. The zero-order chi connectivity index (χ0) is 42.0. The standard InChI is InChI=1S/C44H51ClFN11O4/c1-47-33-23-38(51-57-37(26-48-40(33)57)41(59)49-32-22-31(32)46)55-13-8-29-34(3-2-4-35(29)55)53-19-17-52(18-20-53)12-7-27-24-44(25-27)10-15-54(16-11-44)42(60)28-5-6-30(45)36(21-28)56-14-9-39(58)50-43(56)61/h2-6,21,23,26-27,31-32,47H,7-20,22,24-25H2,1H3,(H,49,59)(H,50,58,61)/t31-,32+/m0/s1. The number of fused-ring (bicyclic) bond motifs is 2. The van der Waals surface area contributed by atoms with Gasteiger partial charge in [-0.25, -0.2) is 18.7 Å². The van der Waals surface area contributed by atoms with Crippen LogP contribution in [0.15, 0.2) is 48.7 Å². The fourth-order valence-electron chi connectivity index (χ4n) is 10.3. The molecule has 3 N–H and O–H groups in total. The largest absolute Gasteiger partial charge is 0.385 e. The van der Waals surface area contributed by atoms with Gasteiger partial charge in [0.25, 0.3) is 11.8 Å². The Labute approximate surface area is 358 Å². The van der Waals surface area contributed by atoms with Crippen LogP contribution >= 0.6 is 11.6 Å². The number of aromatic nitrogens is 3. The molecule has 2 atom stereocenters. The molecule has 4 aromatic rings. The minimum Gasteiger partial charge on any atom is -0.385 e. The topological polar surface area (TPSA) is 151 Å². The molecule has 3 saturated heterocycles. The molecule has 61 heavy (non-hydrogen) atoms. The number of halogens is 2. The Bertz CT molecular complexity index is 2400. The number of imidazole rings is 1. The van der Waals surface area contributed by atoms with Gasteiger partial charge in [0.15, 0.2) is 17.2 Å². The number of hydrogen-bond acceptors (Lipinski definition) is 10. The van der Waals surface area contributed by atoms with Crippen molar-refractivity contribution in [3.8, 4) is 0 Å². The van der Waals surface area contributed by atoms with Gasteiger partial charge >= 0.3 is 6.03 Å². The van der Waals surface area contributed by atoms with Crippen LogP contribution in [0.1, 0.15) is 71.4 Å². The Morgan fingerprint density at radius 3 is 2.43 bits per heavy atom. The quantitative estimate of drug-likeness (QED) is 0.193. The summed E-state index contributed by atoms with van der Waals surface area (Å²) in [5.41, 5.74) is 6.56. The number of carbonyl (C=O) groups excluding carboxylic acids is 4. The number of piperidine rings is 1. The summed E-state index contributed by atoms with van der Waals surface area (Å²) >= 11 is 6.43. The van der Waals surface area contributed by atoms with E-state index in [0.717, 1.165) is 94.7 Å². The van der Waals surface area contributed by atoms with Crippen molar-refractivity contribution in [2.24, 2.45) is 11.3 Å². The normalized spacial score (nSPS) is 22.7. The number of hydrogen-bond donors (Lipinski definition) is 3. The highest BCUT2D eigenvalue weighted by Gasteiger charge is 2.46. The van der Waals surface area contributed by atoms with Crippen molar-refractivity contribution in [2.45, 2.75) is 63.6 Å². The molecule has 2 aromatic heterocycles. The van der Waals surface area contributed by atoms with Crippen LogP contribution in [-0.2, 0) is 11.2 Å². The number of likely N-dealkylation sites (tertiary alicyclic amines) is 1. The van der Waals surface area contributed by atoms with Gasteiger partial charge in [-0.15, -0.1) is 5.10 Å². The third-order valence-electron chi connectivity index (χ3n) is 13.9. The molecule has 15 nitrogen and oxygen atoms in total. The molecule has 5 amide bonds. The van der Waals surface area contributed by atoms with Crippen LogP contribution < -0.4 is 30.7 Å². The maximum absolute atomic E-state index is 13.6. The molecular weight excluding hydrogens is 801 g/mol. The average molecular weight is 852 g/mol.